The molecule has 0 aromatic heterocycles. The minimum absolute atomic E-state index is 0.322. The second kappa shape index (κ2) is 6.00. The zero-order valence-electron chi connectivity index (χ0n) is 12.9. The van der Waals surface area contributed by atoms with Crippen molar-refractivity contribution in [3.63, 3.8) is 0 Å². The van der Waals surface area contributed by atoms with Gasteiger partial charge >= 0.3 is 0 Å². The normalized spacial score (nSPS) is 10.7. The number of rotatable bonds is 4. The molecule has 2 aromatic carbocycles. The maximum Gasteiger partial charge on any atom is 0.238 e. The average molecular weight is 270 g/mol. The first-order valence-corrected chi connectivity index (χ1v) is 6.92. The summed E-state index contributed by atoms with van der Waals surface area (Å²) in [6, 6.07) is 12.3. The van der Waals surface area contributed by atoms with E-state index in [1.807, 2.05) is 31.2 Å². The summed E-state index contributed by atoms with van der Waals surface area (Å²) < 4.78 is 11.7. The summed E-state index contributed by atoms with van der Waals surface area (Å²) in [4.78, 5) is 0. The number of aryl methyl sites for hydroxylation is 4. The van der Waals surface area contributed by atoms with Crippen LogP contribution in [0.4, 0.5) is 0 Å². The van der Waals surface area contributed by atoms with Crippen LogP contribution in [0.5, 0.6) is 11.5 Å². The number of benzene rings is 2. The Balaban J connectivity index is 2.06. The molecule has 0 unspecified atom stereocenters. The number of hydrogen-bond donors (Lipinski definition) is 0. The summed E-state index contributed by atoms with van der Waals surface area (Å²) in [6.45, 7) is 10.2. The Labute approximate surface area is 121 Å². The second-order valence-corrected chi connectivity index (χ2v) is 5.45. The first-order valence-electron chi connectivity index (χ1n) is 6.92. The molecule has 106 valence electrons. The van der Waals surface area contributed by atoms with Crippen molar-refractivity contribution >= 4 is 0 Å². The quantitative estimate of drug-likeness (QED) is 0.748. The molecule has 0 aliphatic carbocycles. The van der Waals surface area contributed by atoms with Gasteiger partial charge in [0.05, 0.1) is 0 Å². The lowest BCUT2D eigenvalue weighted by molar-refractivity contribution is 0.0222. The Kier molecular flexibility index (Phi) is 4.33. The van der Waals surface area contributed by atoms with E-state index in [2.05, 4.69) is 39.8 Å². The van der Waals surface area contributed by atoms with E-state index >= 15 is 0 Å². The predicted octanol–water partition coefficient (Wildman–Crippen LogP) is 4.72. The third-order valence-corrected chi connectivity index (χ3v) is 2.99. The van der Waals surface area contributed by atoms with Gasteiger partial charge in [-0.05, 0) is 74.2 Å². The molecule has 0 atom stereocenters. The highest BCUT2D eigenvalue weighted by molar-refractivity contribution is 5.34. The lowest BCUT2D eigenvalue weighted by Gasteiger charge is -2.18. The first kappa shape index (κ1) is 14.4. The second-order valence-electron chi connectivity index (χ2n) is 5.45. The van der Waals surface area contributed by atoms with Crippen LogP contribution in [-0.4, -0.2) is 6.29 Å². The summed E-state index contributed by atoms with van der Waals surface area (Å²) in [6.07, 6.45) is -0.322. The minimum Gasteiger partial charge on any atom is -0.455 e. The van der Waals surface area contributed by atoms with Crippen molar-refractivity contribution in [3.05, 3.63) is 58.7 Å². The Hall–Kier alpha value is -1.96. The number of hydrogen-bond acceptors (Lipinski definition) is 2. The van der Waals surface area contributed by atoms with E-state index in [0.29, 0.717) is 0 Å². The SMILES string of the molecule is Cc1cc(C)cc(OC(C)Oc2cc(C)cc(C)c2)c1. The molecule has 0 N–H and O–H groups in total. The predicted molar refractivity (Wildman–Crippen MR) is 82.6 cm³/mol. The third kappa shape index (κ3) is 4.02. The highest BCUT2D eigenvalue weighted by Crippen LogP contribution is 2.21. The summed E-state index contributed by atoms with van der Waals surface area (Å²) in [7, 11) is 0. The van der Waals surface area contributed by atoms with Crippen molar-refractivity contribution in [1.29, 1.82) is 0 Å². The zero-order valence-corrected chi connectivity index (χ0v) is 12.9. The van der Waals surface area contributed by atoms with Crippen molar-refractivity contribution in [2.75, 3.05) is 0 Å². The van der Waals surface area contributed by atoms with Crippen LogP contribution in [0.2, 0.25) is 0 Å². The van der Waals surface area contributed by atoms with E-state index in [1.165, 1.54) is 22.3 Å². The molecule has 0 fully saturated rings. The van der Waals surface area contributed by atoms with E-state index in [9.17, 15) is 0 Å². The van der Waals surface area contributed by atoms with Crippen LogP contribution in [0, 0.1) is 27.7 Å². The van der Waals surface area contributed by atoms with Gasteiger partial charge in [0.1, 0.15) is 11.5 Å². The minimum atomic E-state index is -0.322. The van der Waals surface area contributed by atoms with Gasteiger partial charge in [-0.2, -0.15) is 0 Å². The van der Waals surface area contributed by atoms with Crippen LogP contribution in [0.1, 0.15) is 29.2 Å². The van der Waals surface area contributed by atoms with Crippen LogP contribution < -0.4 is 9.47 Å². The Bertz CT molecular complexity index is 508. The first-order chi connectivity index (χ1) is 9.42. The van der Waals surface area contributed by atoms with Crippen LogP contribution in [0.25, 0.3) is 0 Å². The maximum absolute atomic E-state index is 5.84. The van der Waals surface area contributed by atoms with Crippen molar-refractivity contribution in [2.24, 2.45) is 0 Å². The van der Waals surface area contributed by atoms with Crippen molar-refractivity contribution in [1.82, 2.24) is 0 Å². The van der Waals surface area contributed by atoms with E-state index in [-0.39, 0.29) is 6.29 Å². The monoisotopic (exact) mass is 270 g/mol. The molecule has 20 heavy (non-hydrogen) atoms. The molecule has 0 spiro atoms. The third-order valence-electron chi connectivity index (χ3n) is 2.99. The van der Waals surface area contributed by atoms with Crippen LogP contribution in [0.3, 0.4) is 0 Å². The standard InChI is InChI=1S/C18H22O2/c1-12-6-13(2)9-17(8-12)19-16(5)20-18-10-14(3)7-15(4)11-18/h6-11,16H,1-5H3. The summed E-state index contributed by atoms with van der Waals surface area (Å²) in [5.74, 6) is 1.69. The Morgan fingerprint density at radius 1 is 0.600 bits per heavy atom. The van der Waals surface area contributed by atoms with Crippen molar-refractivity contribution < 1.29 is 9.47 Å². The van der Waals surface area contributed by atoms with Gasteiger partial charge in [-0.1, -0.05) is 12.1 Å². The fourth-order valence-corrected chi connectivity index (χ4v) is 2.41. The molecular formula is C18H22O2. The van der Waals surface area contributed by atoms with Gasteiger partial charge in [0.2, 0.25) is 6.29 Å². The lowest BCUT2D eigenvalue weighted by atomic mass is 10.1. The van der Waals surface area contributed by atoms with Gasteiger partial charge in [-0.25, -0.2) is 0 Å². The Morgan fingerprint density at radius 2 is 0.900 bits per heavy atom. The fourth-order valence-electron chi connectivity index (χ4n) is 2.41. The van der Waals surface area contributed by atoms with Crippen molar-refractivity contribution in [3.8, 4) is 11.5 Å². The van der Waals surface area contributed by atoms with E-state index in [4.69, 9.17) is 9.47 Å². The molecule has 2 aromatic rings. The molecule has 0 radical (unpaired) electrons. The van der Waals surface area contributed by atoms with Gasteiger partial charge < -0.3 is 9.47 Å². The van der Waals surface area contributed by atoms with Crippen LogP contribution in [-0.2, 0) is 0 Å². The zero-order chi connectivity index (χ0) is 14.7. The molecule has 2 heteroatoms. The lowest BCUT2D eigenvalue weighted by Crippen LogP contribution is -2.19. The maximum atomic E-state index is 5.84. The average Bonchev–Trinajstić information content (AvgIpc) is 2.24. The van der Waals surface area contributed by atoms with Gasteiger partial charge in [-0.15, -0.1) is 0 Å². The van der Waals surface area contributed by atoms with Gasteiger partial charge in [0.25, 0.3) is 0 Å². The van der Waals surface area contributed by atoms with Gasteiger partial charge in [0.15, 0.2) is 0 Å². The fraction of sp³-hybridized carbons (Fsp3) is 0.333. The molecule has 0 aliphatic heterocycles. The van der Waals surface area contributed by atoms with E-state index < -0.39 is 0 Å². The molecular weight excluding hydrogens is 248 g/mol. The van der Waals surface area contributed by atoms with Crippen molar-refractivity contribution in [2.45, 2.75) is 40.9 Å². The molecule has 0 bridgehead atoms. The molecule has 0 amide bonds. The van der Waals surface area contributed by atoms with Crippen LogP contribution >= 0.6 is 0 Å². The Morgan fingerprint density at radius 3 is 1.20 bits per heavy atom. The summed E-state index contributed by atoms with van der Waals surface area (Å²) in [5, 5.41) is 0. The van der Waals surface area contributed by atoms with Gasteiger partial charge in [0, 0.05) is 6.92 Å². The smallest absolute Gasteiger partial charge is 0.238 e. The highest BCUT2D eigenvalue weighted by Gasteiger charge is 2.07. The molecule has 0 heterocycles. The molecule has 0 saturated heterocycles. The van der Waals surface area contributed by atoms with E-state index in [1.54, 1.807) is 0 Å². The summed E-state index contributed by atoms with van der Waals surface area (Å²) >= 11 is 0. The van der Waals surface area contributed by atoms with Gasteiger partial charge in [-0.3, -0.25) is 0 Å². The topological polar surface area (TPSA) is 18.5 Å². The van der Waals surface area contributed by atoms with Crippen LogP contribution in [0.15, 0.2) is 36.4 Å². The highest BCUT2D eigenvalue weighted by atomic mass is 16.7. The largest absolute Gasteiger partial charge is 0.455 e. The molecule has 2 nitrogen and oxygen atoms in total. The number of ether oxygens (including phenoxy) is 2. The molecule has 0 saturated carbocycles. The molecule has 2 rings (SSSR count). The summed E-state index contributed by atoms with van der Waals surface area (Å²) in [5.41, 5.74) is 4.77. The van der Waals surface area contributed by atoms with E-state index in [0.717, 1.165) is 11.5 Å². The molecule has 0 aliphatic rings.